The maximum atomic E-state index is 5.74. The van der Waals surface area contributed by atoms with E-state index in [0.717, 1.165) is 5.69 Å². The Bertz CT molecular complexity index is 291. The number of nitrogens with one attached hydrogen (secondary N) is 1. The molecule has 0 aromatic carbocycles. The lowest BCUT2D eigenvalue weighted by Gasteiger charge is -2.14. The van der Waals surface area contributed by atoms with Crippen molar-refractivity contribution in [3.05, 3.63) is 17.4 Å². The van der Waals surface area contributed by atoms with Crippen LogP contribution in [0.4, 0.5) is 5.69 Å². The van der Waals surface area contributed by atoms with Gasteiger partial charge in [0.15, 0.2) is 5.15 Å². The first-order valence-corrected chi connectivity index (χ1v) is 5.85. The van der Waals surface area contributed by atoms with Crippen LogP contribution < -0.4 is 5.32 Å². The molecule has 0 aliphatic heterocycles. The largest absolute Gasteiger partial charge is 0.381 e. The number of aromatic nitrogens is 2. The Kier molecular flexibility index (Phi) is 5.40. The number of halogens is 1. The molecule has 1 heterocycles. The van der Waals surface area contributed by atoms with E-state index in [2.05, 4.69) is 29.4 Å². The zero-order chi connectivity index (χ0) is 11.1. The summed E-state index contributed by atoms with van der Waals surface area (Å²) in [5.74, 6) is 0. The molecule has 0 radical (unpaired) electrons. The Morgan fingerprint density at radius 2 is 2.27 bits per heavy atom. The minimum atomic E-state index is 0.431. The molecule has 84 valence electrons. The molecule has 1 atom stereocenters. The SMILES string of the molecule is CCCCCC(C)Nc1cnnc(Cl)c1. The van der Waals surface area contributed by atoms with Gasteiger partial charge in [-0.3, -0.25) is 0 Å². The Morgan fingerprint density at radius 1 is 1.47 bits per heavy atom. The van der Waals surface area contributed by atoms with E-state index in [9.17, 15) is 0 Å². The summed E-state index contributed by atoms with van der Waals surface area (Å²) in [5.41, 5.74) is 0.944. The van der Waals surface area contributed by atoms with Gasteiger partial charge >= 0.3 is 0 Å². The van der Waals surface area contributed by atoms with Crippen LogP contribution in [0.5, 0.6) is 0 Å². The molecule has 15 heavy (non-hydrogen) atoms. The Morgan fingerprint density at radius 3 is 2.93 bits per heavy atom. The van der Waals surface area contributed by atoms with Crippen LogP contribution in [0.25, 0.3) is 0 Å². The first-order chi connectivity index (χ1) is 7.22. The van der Waals surface area contributed by atoms with Crippen LogP contribution in [0.15, 0.2) is 12.3 Å². The van der Waals surface area contributed by atoms with E-state index >= 15 is 0 Å². The molecule has 0 bridgehead atoms. The number of nitrogens with zero attached hydrogens (tertiary/aromatic N) is 2. The van der Waals surface area contributed by atoms with Crippen LogP contribution in [0, 0.1) is 0 Å². The van der Waals surface area contributed by atoms with Crippen molar-refractivity contribution in [1.29, 1.82) is 0 Å². The molecular formula is C11H18ClN3. The normalized spacial score (nSPS) is 12.5. The highest BCUT2D eigenvalue weighted by Crippen LogP contribution is 2.13. The lowest BCUT2D eigenvalue weighted by atomic mass is 10.1. The fraction of sp³-hybridized carbons (Fsp3) is 0.636. The van der Waals surface area contributed by atoms with Gasteiger partial charge in [-0.05, 0) is 13.3 Å². The van der Waals surface area contributed by atoms with E-state index in [0.29, 0.717) is 11.2 Å². The summed E-state index contributed by atoms with van der Waals surface area (Å²) >= 11 is 5.74. The van der Waals surface area contributed by atoms with Gasteiger partial charge < -0.3 is 5.32 Å². The molecule has 0 aliphatic rings. The number of unbranched alkanes of at least 4 members (excludes halogenated alkanes) is 2. The number of hydrogen-bond donors (Lipinski definition) is 1. The monoisotopic (exact) mass is 227 g/mol. The fourth-order valence-corrected chi connectivity index (χ4v) is 1.64. The molecule has 1 rings (SSSR count). The van der Waals surface area contributed by atoms with Crippen LogP contribution >= 0.6 is 11.6 Å². The molecule has 1 aromatic rings. The lowest BCUT2D eigenvalue weighted by Crippen LogP contribution is -2.15. The molecule has 1 unspecified atom stereocenters. The third-order valence-corrected chi connectivity index (χ3v) is 2.46. The van der Waals surface area contributed by atoms with Crippen molar-refractivity contribution in [2.45, 2.75) is 45.6 Å². The average molecular weight is 228 g/mol. The van der Waals surface area contributed by atoms with Gasteiger partial charge in [-0.1, -0.05) is 37.8 Å². The molecule has 3 nitrogen and oxygen atoms in total. The number of hydrogen-bond acceptors (Lipinski definition) is 3. The van der Waals surface area contributed by atoms with E-state index < -0.39 is 0 Å². The van der Waals surface area contributed by atoms with Gasteiger partial charge in [-0.25, -0.2) is 0 Å². The zero-order valence-corrected chi connectivity index (χ0v) is 10.1. The minimum Gasteiger partial charge on any atom is -0.381 e. The van der Waals surface area contributed by atoms with E-state index in [4.69, 9.17) is 11.6 Å². The molecule has 0 saturated heterocycles. The van der Waals surface area contributed by atoms with Crippen LogP contribution in [0.2, 0.25) is 5.15 Å². The fourth-order valence-electron chi connectivity index (χ4n) is 1.48. The van der Waals surface area contributed by atoms with E-state index in [1.807, 2.05) is 0 Å². The Labute approximate surface area is 96.2 Å². The number of anilines is 1. The van der Waals surface area contributed by atoms with Crippen molar-refractivity contribution in [2.24, 2.45) is 0 Å². The maximum absolute atomic E-state index is 5.74. The summed E-state index contributed by atoms with van der Waals surface area (Å²) < 4.78 is 0. The van der Waals surface area contributed by atoms with Crippen molar-refractivity contribution < 1.29 is 0 Å². The molecule has 0 amide bonds. The summed E-state index contributed by atoms with van der Waals surface area (Å²) in [6.07, 6.45) is 6.68. The molecule has 0 fully saturated rings. The van der Waals surface area contributed by atoms with Crippen molar-refractivity contribution in [3.63, 3.8) is 0 Å². The van der Waals surface area contributed by atoms with Gasteiger partial charge in [-0.15, -0.1) is 5.10 Å². The van der Waals surface area contributed by atoms with Crippen LogP contribution in [0.1, 0.15) is 39.5 Å². The molecular weight excluding hydrogens is 210 g/mol. The predicted octanol–water partition coefficient (Wildman–Crippen LogP) is 3.51. The molecule has 0 spiro atoms. The van der Waals surface area contributed by atoms with Crippen molar-refractivity contribution >= 4 is 17.3 Å². The van der Waals surface area contributed by atoms with Crippen LogP contribution in [0.3, 0.4) is 0 Å². The third kappa shape index (κ3) is 4.98. The minimum absolute atomic E-state index is 0.431. The van der Waals surface area contributed by atoms with Crippen molar-refractivity contribution in [1.82, 2.24) is 10.2 Å². The second-order valence-electron chi connectivity index (χ2n) is 3.81. The second-order valence-corrected chi connectivity index (χ2v) is 4.20. The summed E-state index contributed by atoms with van der Waals surface area (Å²) in [6.45, 7) is 4.38. The lowest BCUT2D eigenvalue weighted by molar-refractivity contribution is 0.615. The standard InChI is InChI=1S/C11H18ClN3/c1-3-4-5-6-9(2)14-10-7-11(12)15-13-8-10/h7-9H,3-6H2,1-2H3,(H,14,15). The molecule has 1 N–H and O–H groups in total. The van der Waals surface area contributed by atoms with Crippen molar-refractivity contribution in [3.8, 4) is 0 Å². The molecule has 4 heteroatoms. The van der Waals surface area contributed by atoms with Gasteiger partial charge in [0.2, 0.25) is 0 Å². The van der Waals surface area contributed by atoms with Gasteiger partial charge in [-0.2, -0.15) is 5.10 Å². The summed E-state index contributed by atoms with van der Waals surface area (Å²) in [6, 6.07) is 2.25. The van der Waals surface area contributed by atoms with Gasteiger partial charge in [0.1, 0.15) is 0 Å². The highest BCUT2D eigenvalue weighted by Gasteiger charge is 2.02. The quantitative estimate of drug-likeness (QED) is 0.756. The molecule has 0 saturated carbocycles. The van der Waals surface area contributed by atoms with Crippen LogP contribution in [-0.2, 0) is 0 Å². The highest BCUT2D eigenvalue weighted by atomic mass is 35.5. The molecule has 0 aliphatic carbocycles. The zero-order valence-electron chi connectivity index (χ0n) is 9.33. The van der Waals surface area contributed by atoms with Crippen LogP contribution in [-0.4, -0.2) is 16.2 Å². The second kappa shape index (κ2) is 6.62. The topological polar surface area (TPSA) is 37.8 Å². The Hall–Kier alpha value is -0.830. The smallest absolute Gasteiger partial charge is 0.153 e. The third-order valence-electron chi connectivity index (χ3n) is 2.28. The summed E-state index contributed by atoms with van der Waals surface area (Å²) in [7, 11) is 0. The Balaban J connectivity index is 2.34. The van der Waals surface area contributed by atoms with E-state index in [1.54, 1.807) is 12.3 Å². The number of rotatable bonds is 6. The first-order valence-electron chi connectivity index (χ1n) is 5.47. The first kappa shape index (κ1) is 12.2. The predicted molar refractivity (Wildman–Crippen MR) is 64.3 cm³/mol. The molecule has 1 aromatic heterocycles. The average Bonchev–Trinajstić information content (AvgIpc) is 2.18. The maximum Gasteiger partial charge on any atom is 0.153 e. The highest BCUT2D eigenvalue weighted by molar-refractivity contribution is 6.29. The van der Waals surface area contributed by atoms with Gasteiger partial charge in [0.05, 0.1) is 11.9 Å². The van der Waals surface area contributed by atoms with E-state index in [1.165, 1.54) is 25.7 Å². The van der Waals surface area contributed by atoms with Gasteiger partial charge in [0.25, 0.3) is 0 Å². The van der Waals surface area contributed by atoms with Gasteiger partial charge in [0, 0.05) is 12.1 Å². The summed E-state index contributed by atoms with van der Waals surface area (Å²) in [4.78, 5) is 0. The van der Waals surface area contributed by atoms with Crippen molar-refractivity contribution in [2.75, 3.05) is 5.32 Å². The van der Waals surface area contributed by atoms with E-state index in [-0.39, 0.29) is 0 Å². The summed E-state index contributed by atoms with van der Waals surface area (Å²) in [5, 5.41) is 11.3.